The Balaban J connectivity index is 3.08. The van der Waals surface area contributed by atoms with Crippen LogP contribution in [-0.4, -0.2) is 29.3 Å². The Morgan fingerprint density at radius 1 is 1.67 bits per heavy atom. The fourth-order valence-corrected chi connectivity index (χ4v) is 1.54. The predicted octanol–water partition coefficient (Wildman–Crippen LogP) is 1.81. The quantitative estimate of drug-likeness (QED) is 0.425. The van der Waals surface area contributed by atoms with Crippen molar-refractivity contribution in [2.45, 2.75) is 6.42 Å². The second kappa shape index (κ2) is 9.13. The van der Waals surface area contributed by atoms with E-state index in [0.29, 0.717) is 6.42 Å². The first-order valence-corrected chi connectivity index (χ1v) is 6.10. The molecule has 2 nitrogen and oxygen atoms in total. The lowest BCUT2D eigenvalue weighted by Crippen LogP contribution is -2.25. The molecule has 12 heavy (non-hydrogen) atoms. The summed E-state index contributed by atoms with van der Waals surface area (Å²) in [5.74, 6) is 2.03. The summed E-state index contributed by atoms with van der Waals surface area (Å²) in [6.07, 6.45) is 2.43. The van der Waals surface area contributed by atoms with Crippen molar-refractivity contribution in [3.63, 3.8) is 0 Å². The fraction of sp³-hybridized carbons (Fsp3) is 0.625. The van der Waals surface area contributed by atoms with Crippen LogP contribution in [0.5, 0.6) is 0 Å². The Bertz CT molecular complexity index is 141. The maximum atomic E-state index is 10.9. The summed E-state index contributed by atoms with van der Waals surface area (Å²) in [4.78, 5) is 10.9. The highest BCUT2D eigenvalue weighted by molar-refractivity contribution is 9.09. The van der Waals surface area contributed by atoms with E-state index in [2.05, 4.69) is 27.8 Å². The zero-order valence-electron chi connectivity index (χ0n) is 7.01. The average Bonchev–Trinajstić information content (AvgIpc) is 2.05. The SMILES string of the molecule is C=CCSCCNC(=O)CCBr. The molecule has 0 aliphatic carbocycles. The number of carbonyl (C=O) groups excluding carboxylic acids is 1. The first kappa shape index (κ1) is 12.0. The maximum absolute atomic E-state index is 10.9. The van der Waals surface area contributed by atoms with Gasteiger partial charge >= 0.3 is 0 Å². The zero-order valence-corrected chi connectivity index (χ0v) is 9.42. The Labute approximate surface area is 86.3 Å². The highest BCUT2D eigenvalue weighted by atomic mass is 79.9. The monoisotopic (exact) mass is 251 g/mol. The third kappa shape index (κ3) is 8.14. The fourth-order valence-electron chi connectivity index (χ4n) is 0.603. The number of carbonyl (C=O) groups is 1. The molecule has 1 N–H and O–H groups in total. The average molecular weight is 252 g/mol. The third-order valence-corrected chi connectivity index (χ3v) is 2.49. The second-order valence-corrected chi connectivity index (χ2v) is 4.10. The summed E-state index contributed by atoms with van der Waals surface area (Å²) >= 11 is 4.97. The van der Waals surface area contributed by atoms with Gasteiger partial charge in [0.05, 0.1) is 0 Å². The molecule has 0 heterocycles. The molecule has 0 aliphatic rings. The lowest BCUT2D eigenvalue weighted by molar-refractivity contribution is -0.120. The molecule has 0 aliphatic heterocycles. The lowest BCUT2D eigenvalue weighted by Gasteiger charge is -2.01. The van der Waals surface area contributed by atoms with E-state index in [0.717, 1.165) is 23.4 Å². The topological polar surface area (TPSA) is 29.1 Å². The van der Waals surface area contributed by atoms with E-state index in [1.807, 2.05) is 6.08 Å². The van der Waals surface area contributed by atoms with Crippen LogP contribution in [0.15, 0.2) is 12.7 Å². The molecule has 0 aromatic carbocycles. The number of rotatable bonds is 7. The van der Waals surface area contributed by atoms with Gasteiger partial charge in [0.25, 0.3) is 0 Å². The van der Waals surface area contributed by atoms with E-state index in [-0.39, 0.29) is 5.91 Å². The number of amides is 1. The van der Waals surface area contributed by atoms with E-state index in [1.165, 1.54) is 0 Å². The molecular weight excluding hydrogens is 238 g/mol. The first-order valence-electron chi connectivity index (χ1n) is 3.82. The smallest absolute Gasteiger partial charge is 0.220 e. The molecule has 0 atom stereocenters. The van der Waals surface area contributed by atoms with Gasteiger partial charge in [0, 0.05) is 29.8 Å². The third-order valence-electron chi connectivity index (χ3n) is 1.13. The van der Waals surface area contributed by atoms with E-state index in [1.54, 1.807) is 11.8 Å². The molecule has 1 amide bonds. The van der Waals surface area contributed by atoms with Crippen LogP contribution in [0, 0.1) is 0 Å². The van der Waals surface area contributed by atoms with Crippen LogP contribution in [0.1, 0.15) is 6.42 Å². The largest absolute Gasteiger partial charge is 0.355 e. The standard InChI is InChI=1S/C8H14BrNOS/c1-2-6-12-7-5-10-8(11)3-4-9/h2H,1,3-7H2,(H,10,11). The Morgan fingerprint density at radius 2 is 2.42 bits per heavy atom. The summed E-state index contributed by atoms with van der Waals surface area (Å²) in [5.41, 5.74) is 0. The molecule has 70 valence electrons. The van der Waals surface area contributed by atoms with Crippen molar-refractivity contribution < 1.29 is 4.79 Å². The number of nitrogens with one attached hydrogen (secondary N) is 1. The lowest BCUT2D eigenvalue weighted by atomic mass is 10.4. The summed E-state index contributed by atoms with van der Waals surface area (Å²) in [5, 5.41) is 3.55. The minimum atomic E-state index is 0.117. The van der Waals surface area contributed by atoms with E-state index in [4.69, 9.17) is 0 Å². The van der Waals surface area contributed by atoms with Crippen molar-refractivity contribution in [3.05, 3.63) is 12.7 Å². The number of thioether (sulfide) groups is 1. The number of alkyl halides is 1. The first-order chi connectivity index (χ1) is 5.81. The summed E-state index contributed by atoms with van der Waals surface area (Å²) < 4.78 is 0. The van der Waals surface area contributed by atoms with Gasteiger partial charge in [0.2, 0.25) is 5.91 Å². The van der Waals surface area contributed by atoms with Crippen LogP contribution in [0.2, 0.25) is 0 Å². The zero-order chi connectivity index (χ0) is 9.23. The molecule has 0 spiro atoms. The molecular formula is C8H14BrNOS. The predicted molar refractivity (Wildman–Crippen MR) is 58.9 cm³/mol. The van der Waals surface area contributed by atoms with Gasteiger partial charge < -0.3 is 5.32 Å². The van der Waals surface area contributed by atoms with E-state index >= 15 is 0 Å². The van der Waals surface area contributed by atoms with Gasteiger partial charge in [0.1, 0.15) is 0 Å². The van der Waals surface area contributed by atoms with Crippen LogP contribution in [0.4, 0.5) is 0 Å². The molecule has 0 bridgehead atoms. The molecule has 0 aromatic heterocycles. The van der Waals surface area contributed by atoms with Gasteiger partial charge in [0.15, 0.2) is 0 Å². The Hall–Kier alpha value is 0.0400. The second-order valence-electron chi connectivity index (χ2n) is 2.15. The normalized spacial score (nSPS) is 9.42. The van der Waals surface area contributed by atoms with Crippen LogP contribution < -0.4 is 5.32 Å². The summed E-state index contributed by atoms with van der Waals surface area (Å²) in [6.45, 7) is 4.36. The highest BCUT2D eigenvalue weighted by Crippen LogP contribution is 1.97. The van der Waals surface area contributed by atoms with Crippen molar-refractivity contribution in [2.75, 3.05) is 23.4 Å². The minimum absolute atomic E-state index is 0.117. The molecule has 0 saturated heterocycles. The van der Waals surface area contributed by atoms with Crippen LogP contribution in [0.3, 0.4) is 0 Å². The van der Waals surface area contributed by atoms with Gasteiger partial charge in [-0.2, -0.15) is 11.8 Å². The molecule has 0 radical (unpaired) electrons. The van der Waals surface area contributed by atoms with Crippen molar-refractivity contribution in [1.82, 2.24) is 5.32 Å². The van der Waals surface area contributed by atoms with Crippen molar-refractivity contribution in [2.24, 2.45) is 0 Å². The van der Waals surface area contributed by atoms with Crippen molar-refractivity contribution >= 4 is 33.6 Å². The van der Waals surface area contributed by atoms with Gasteiger partial charge in [-0.15, -0.1) is 6.58 Å². The van der Waals surface area contributed by atoms with Gasteiger partial charge in [-0.3, -0.25) is 4.79 Å². The number of hydrogen-bond donors (Lipinski definition) is 1. The van der Waals surface area contributed by atoms with Crippen LogP contribution >= 0.6 is 27.7 Å². The molecule has 0 rings (SSSR count). The van der Waals surface area contributed by atoms with Crippen molar-refractivity contribution in [3.8, 4) is 0 Å². The summed E-state index contributed by atoms with van der Waals surface area (Å²) in [6, 6.07) is 0. The van der Waals surface area contributed by atoms with Gasteiger partial charge in [-0.25, -0.2) is 0 Å². The molecule has 0 unspecified atom stereocenters. The molecule has 0 fully saturated rings. The van der Waals surface area contributed by atoms with Gasteiger partial charge in [-0.05, 0) is 0 Å². The molecule has 0 aromatic rings. The van der Waals surface area contributed by atoms with Crippen LogP contribution in [0.25, 0.3) is 0 Å². The van der Waals surface area contributed by atoms with E-state index < -0.39 is 0 Å². The van der Waals surface area contributed by atoms with E-state index in [9.17, 15) is 4.79 Å². The number of halogens is 1. The molecule has 0 saturated carbocycles. The van der Waals surface area contributed by atoms with Crippen molar-refractivity contribution in [1.29, 1.82) is 0 Å². The molecule has 4 heteroatoms. The summed E-state index contributed by atoms with van der Waals surface area (Å²) in [7, 11) is 0. The minimum Gasteiger partial charge on any atom is -0.355 e. The maximum Gasteiger partial charge on any atom is 0.220 e. The Kier molecular flexibility index (Phi) is 9.16. The Morgan fingerprint density at radius 3 is 3.00 bits per heavy atom. The van der Waals surface area contributed by atoms with Crippen LogP contribution in [-0.2, 0) is 4.79 Å². The highest BCUT2D eigenvalue weighted by Gasteiger charge is 1.96. The number of hydrogen-bond acceptors (Lipinski definition) is 2. The van der Waals surface area contributed by atoms with Gasteiger partial charge in [-0.1, -0.05) is 22.0 Å².